The first-order chi connectivity index (χ1) is 9.83. The number of carboxylic acid groups (broad SMARTS) is 1. The molecule has 114 valence electrons. The molecule has 1 unspecified atom stereocenters. The molecule has 1 aliphatic rings. The van der Waals surface area contributed by atoms with Gasteiger partial charge in [0.1, 0.15) is 5.54 Å². The summed E-state index contributed by atoms with van der Waals surface area (Å²) < 4.78 is 25.8. The van der Waals surface area contributed by atoms with Crippen molar-refractivity contribution in [2.75, 3.05) is 0 Å². The zero-order chi connectivity index (χ0) is 15.6. The molecule has 7 heteroatoms. The molecule has 0 heterocycles. The van der Waals surface area contributed by atoms with Gasteiger partial charge in [0, 0.05) is 6.54 Å². The summed E-state index contributed by atoms with van der Waals surface area (Å²) >= 11 is 0. The standard InChI is InChI=1S/C14H16F2N2O3/c1-14(12(19)20,9-3-4-9)18-13(21)17-7-8-2-5-10(15)11(16)6-8/h2,5-6,9H,3-4,7H2,1H3,(H,19,20)(H2,17,18,21). The van der Waals surface area contributed by atoms with E-state index in [9.17, 15) is 23.5 Å². The van der Waals surface area contributed by atoms with Gasteiger partial charge in [-0.15, -0.1) is 0 Å². The fraction of sp³-hybridized carbons (Fsp3) is 0.429. The highest BCUT2D eigenvalue weighted by Crippen LogP contribution is 2.39. The Labute approximate surface area is 120 Å². The normalized spacial score (nSPS) is 16.9. The maximum absolute atomic E-state index is 13.0. The zero-order valence-electron chi connectivity index (χ0n) is 11.5. The first-order valence-corrected chi connectivity index (χ1v) is 6.56. The van der Waals surface area contributed by atoms with Gasteiger partial charge in [-0.1, -0.05) is 6.07 Å². The average Bonchev–Trinajstić information content (AvgIpc) is 3.24. The van der Waals surface area contributed by atoms with Crippen LogP contribution in [0, 0.1) is 17.6 Å². The molecule has 0 bridgehead atoms. The van der Waals surface area contributed by atoms with E-state index in [2.05, 4.69) is 10.6 Å². The largest absolute Gasteiger partial charge is 0.480 e. The summed E-state index contributed by atoms with van der Waals surface area (Å²) in [6, 6.07) is 2.63. The van der Waals surface area contributed by atoms with Crippen molar-refractivity contribution in [3.8, 4) is 0 Å². The lowest BCUT2D eigenvalue weighted by Gasteiger charge is -2.26. The summed E-state index contributed by atoms with van der Waals surface area (Å²) in [6.07, 6.45) is 1.51. The van der Waals surface area contributed by atoms with Gasteiger partial charge in [-0.3, -0.25) is 0 Å². The van der Waals surface area contributed by atoms with Gasteiger partial charge in [0.25, 0.3) is 0 Å². The van der Waals surface area contributed by atoms with Crippen molar-refractivity contribution in [3.63, 3.8) is 0 Å². The van der Waals surface area contributed by atoms with Crippen LogP contribution in [0.25, 0.3) is 0 Å². The topological polar surface area (TPSA) is 78.4 Å². The summed E-state index contributed by atoms with van der Waals surface area (Å²) in [7, 11) is 0. The van der Waals surface area contributed by atoms with Crippen LogP contribution in [-0.4, -0.2) is 22.6 Å². The molecule has 1 aliphatic carbocycles. The quantitative estimate of drug-likeness (QED) is 0.778. The second-order valence-electron chi connectivity index (χ2n) is 5.34. The number of benzene rings is 1. The van der Waals surface area contributed by atoms with E-state index in [-0.39, 0.29) is 12.5 Å². The smallest absolute Gasteiger partial charge is 0.329 e. The van der Waals surface area contributed by atoms with Crippen molar-refractivity contribution in [1.29, 1.82) is 0 Å². The molecular weight excluding hydrogens is 282 g/mol. The highest BCUT2D eigenvalue weighted by Gasteiger charge is 2.48. The minimum atomic E-state index is -1.31. The third kappa shape index (κ3) is 3.48. The number of hydrogen-bond donors (Lipinski definition) is 3. The van der Waals surface area contributed by atoms with Gasteiger partial charge in [-0.2, -0.15) is 0 Å². The molecule has 0 radical (unpaired) electrons. The third-order valence-electron chi connectivity index (χ3n) is 3.65. The SMILES string of the molecule is CC(NC(=O)NCc1ccc(F)c(F)c1)(C(=O)O)C1CC1. The van der Waals surface area contributed by atoms with Gasteiger partial charge < -0.3 is 15.7 Å². The van der Waals surface area contributed by atoms with Crippen LogP contribution in [0.2, 0.25) is 0 Å². The van der Waals surface area contributed by atoms with E-state index in [1.54, 1.807) is 0 Å². The Morgan fingerprint density at radius 2 is 2.00 bits per heavy atom. The van der Waals surface area contributed by atoms with Gasteiger partial charge in [0.05, 0.1) is 0 Å². The van der Waals surface area contributed by atoms with E-state index in [1.807, 2.05) is 0 Å². The molecule has 3 N–H and O–H groups in total. The van der Waals surface area contributed by atoms with Crippen molar-refractivity contribution in [2.45, 2.75) is 31.8 Å². The van der Waals surface area contributed by atoms with Crippen LogP contribution in [0.3, 0.4) is 0 Å². The van der Waals surface area contributed by atoms with Crippen molar-refractivity contribution in [1.82, 2.24) is 10.6 Å². The second kappa shape index (κ2) is 5.67. The molecule has 1 aromatic carbocycles. The molecule has 0 spiro atoms. The highest BCUT2D eigenvalue weighted by atomic mass is 19.2. The van der Waals surface area contributed by atoms with Gasteiger partial charge in [0.15, 0.2) is 11.6 Å². The number of carboxylic acids is 1. The van der Waals surface area contributed by atoms with Gasteiger partial charge in [0.2, 0.25) is 0 Å². The molecule has 5 nitrogen and oxygen atoms in total. The van der Waals surface area contributed by atoms with Crippen LogP contribution in [-0.2, 0) is 11.3 Å². The predicted octanol–water partition coefficient (Wildman–Crippen LogP) is 2.02. The second-order valence-corrected chi connectivity index (χ2v) is 5.34. The fourth-order valence-electron chi connectivity index (χ4n) is 2.10. The third-order valence-corrected chi connectivity index (χ3v) is 3.65. The highest BCUT2D eigenvalue weighted by molar-refractivity contribution is 5.86. The van der Waals surface area contributed by atoms with Crippen LogP contribution < -0.4 is 10.6 Å². The molecule has 0 aliphatic heterocycles. The van der Waals surface area contributed by atoms with Crippen molar-refractivity contribution in [3.05, 3.63) is 35.4 Å². The molecule has 1 atom stereocenters. The molecule has 2 rings (SSSR count). The Bertz CT molecular complexity index is 575. The Kier molecular flexibility index (Phi) is 4.11. The number of urea groups is 1. The van der Waals surface area contributed by atoms with Crippen LogP contribution in [0.15, 0.2) is 18.2 Å². The Balaban J connectivity index is 1.92. The molecular formula is C14H16F2N2O3. The van der Waals surface area contributed by atoms with E-state index < -0.39 is 29.2 Å². The maximum atomic E-state index is 13.0. The van der Waals surface area contributed by atoms with Crippen molar-refractivity contribution in [2.24, 2.45) is 5.92 Å². The van der Waals surface area contributed by atoms with E-state index in [1.165, 1.54) is 13.0 Å². The van der Waals surface area contributed by atoms with Crippen LogP contribution in [0.1, 0.15) is 25.3 Å². The number of aliphatic carboxylic acids is 1. The molecule has 0 aromatic heterocycles. The number of halogens is 2. The van der Waals surface area contributed by atoms with Crippen molar-refractivity contribution < 1.29 is 23.5 Å². The van der Waals surface area contributed by atoms with Crippen LogP contribution in [0.4, 0.5) is 13.6 Å². The van der Waals surface area contributed by atoms with Crippen LogP contribution in [0.5, 0.6) is 0 Å². The number of carbonyl (C=O) groups excluding carboxylic acids is 1. The summed E-state index contributed by atoms with van der Waals surface area (Å²) in [5, 5.41) is 14.1. The molecule has 1 aromatic rings. The van der Waals surface area contributed by atoms with Gasteiger partial charge >= 0.3 is 12.0 Å². The monoisotopic (exact) mass is 298 g/mol. The summed E-state index contributed by atoms with van der Waals surface area (Å²) in [5.74, 6) is -3.13. The fourth-order valence-corrected chi connectivity index (χ4v) is 2.10. The minimum absolute atomic E-state index is 0.0244. The summed E-state index contributed by atoms with van der Waals surface area (Å²) in [5.41, 5.74) is -0.925. The van der Waals surface area contributed by atoms with E-state index in [0.29, 0.717) is 5.56 Å². The van der Waals surface area contributed by atoms with E-state index in [4.69, 9.17) is 0 Å². The van der Waals surface area contributed by atoms with Gasteiger partial charge in [-0.25, -0.2) is 18.4 Å². The number of carbonyl (C=O) groups is 2. The molecule has 21 heavy (non-hydrogen) atoms. The molecule has 2 amide bonds. The van der Waals surface area contributed by atoms with Crippen molar-refractivity contribution >= 4 is 12.0 Å². The Morgan fingerprint density at radius 3 is 2.52 bits per heavy atom. The number of amides is 2. The molecule has 1 saturated carbocycles. The first-order valence-electron chi connectivity index (χ1n) is 6.56. The van der Waals surface area contributed by atoms with Crippen LogP contribution >= 0.6 is 0 Å². The number of hydrogen-bond acceptors (Lipinski definition) is 2. The van der Waals surface area contributed by atoms with E-state index >= 15 is 0 Å². The lowest BCUT2D eigenvalue weighted by Crippen LogP contribution is -2.56. The minimum Gasteiger partial charge on any atom is -0.480 e. The molecule has 0 saturated heterocycles. The lowest BCUT2D eigenvalue weighted by molar-refractivity contribution is -0.144. The van der Waals surface area contributed by atoms with Gasteiger partial charge in [-0.05, 0) is 43.4 Å². The lowest BCUT2D eigenvalue weighted by atomic mass is 9.96. The van der Waals surface area contributed by atoms with E-state index in [0.717, 1.165) is 25.0 Å². The molecule has 1 fully saturated rings. The number of nitrogens with one attached hydrogen (secondary N) is 2. The predicted molar refractivity (Wildman–Crippen MR) is 70.5 cm³/mol. The number of rotatable bonds is 5. The Hall–Kier alpha value is -2.18. The maximum Gasteiger partial charge on any atom is 0.329 e. The summed E-state index contributed by atoms with van der Waals surface area (Å²) in [6.45, 7) is 1.44. The first kappa shape index (κ1) is 15.2. The summed E-state index contributed by atoms with van der Waals surface area (Å²) in [4.78, 5) is 23.0. The zero-order valence-corrected chi connectivity index (χ0v) is 11.5. The Morgan fingerprint density at radius 1 is 1.33 bits per heavy atom. The average molecular weight is 298 g/mol.